The van der Waals surface area contributed by atoms with Crippen molar-refractivity contribution >= 4 is 28.4 Å². The number of aromatic amines is 1. The maximum absolute atomic E-state index is 12.8. The number of hydrogen-bond donors (Lipinski definition) is 1. The second kappa shape index (κ2) is 9.09. The van der Waals surface area contributed by atoms with Crippen LogP contribution in [0.2, 0.25) is 5.02 Å². The van der Waals surface area contributed by atoms with Crippen molar-refractivity contribution in [2.24, 2.45) is 0 Å². The molecule has 0 unspecified atom stereocenters. The fourth-order valence-electron chi connectivity index (χ4n) is 3.23. The van der Waals surface area contributed by atoms with Gasteiger partial charge in [-0.15, -0.1) is 0 Å². The third kappa shape index (κ3) is 4.95. The van der Waals surface area contributed by atoms with Crippen molar-refractivity contribution in [3.05, 3.63) is 68.7 Å². The summed E-state index contributed by atoms with van der Waals surface area (Å²) in [6.45, 7) is 6.54. The second-order valence-electron chi connectivity index (χ2n) is 7.00. The number of nitrogens with one attached hydrogen (secondary N) is 1. The number of carbonyl (C=O) groups excluding carboxylic acids is 1. The molecule has 0 atom stereocenters. The normalized spacial score (nSPS) is 10.9. The third-order valence-corrected chi connectivity index (χ3v) is 4.89. The topological polar surface area (TPSA) is 75.3 Å². The van der Waals surface area contributed by atoms with Gasteiger partial charge in [0.2, 0.25) is 0 Å². The van der Waals surface area contributed by atoms with Gasteiger partial charge >= 0.3 is 0 Å². The van der Waals surface area contributed by atoms with E-state index < -0.39 is 0 Å². The lowest BCUT2D eigenvalue weighted by molar-refractivity contribution is -0.134. The van der Waals surface area contributed by atoms with E-state index in [4.69, 9.17) is 16.3 Å². The van der Waals surface area contributed by atoms with Crippen LogP contribution in [0.1, 0.15) is 30.3 Å². The van der Waals surface area contributed by atoms with Crippen molar-refractivity contribution in [2.45, 2.75) is 33.7 Å². The smallest absolute Gasteiger partial charge is 0.260 e. The second-order valence-corrected chi connectivity index (χ2v) is 7.44. The highest BCUT2D eigenvalue weighted by molar-refractivity contribution is 6.31. The van der Waals surface area contributed by atoms with Crippen LogP contribution in [0.4, 0.5) is 0 Å². The van der Waals surface area contributed by atoms with Crippen molar-refractivity contribution in [1.29, 1.82) is 0 Å². The summed E-state index contributed by atoms with van der Waals surface area (Å²) in [5.74, 6) is 0.978. The molecule has 0 aliphatic rings. The summed E-state index contributed by atoms with van der Waals surface area (Å²) in [6.07, 6.45) is 0.777. The van der Waals surface area contributed by atoms with E-state index in [0.717, 1.165) is 23.3 Å². The minimum atomic E-state index is -0.252. The first-order chi connectivity index (χ1) is 13.9. The molecule has 0 bridgehead atoms. The molecule has 1 heterocycles. The number of ether oxygens (including phenoxy) is 1. The van der Waals surface area contributed by atoms with Crippen molar-refractivity contribution in [3.8, 4) is 5.75 Å². The molecule has 0 fully saturated rings. The Balaban J connectivity index is 1.78. The first-order valence-corrected chi connectivity index (χ1v) is 9.92. The summed E-state index contributed by atoms with van der Waals surface area (Å²) in [7, 11) is 0. The number of carbonyl (C=O) groups is 1. The minimum Gasteiger partial charge on any atom is -0.483 e. The van der Waals surface area contributed by atoms with Crippen LogP contribution >= 0.6 is 11.6 Å². The maximum Gasteiger partial charge on any atom is 0.260 e. The Morgan fingerprint density at radius 2 is 1.93 bits per heavy atom. The molecule has 1 amide bonds. The number of aromatic nitrogens is 2. The molecule has 2 aromatic carbocycles. The predicted molar refractivity (Wildman–Crippen MR) is 114 cm³/mol. The van der Waals surface area contributed by atoms with Gasteiger partial charge in [-0.2, -0.15) is 0 Å². The monoisotopic (exact) mass is 413 g/mol. The predicted octanol–water partition coefficient (Wildman–Crippen LogP) is 4.01. The Bertz CT molecular complexity index is 1070. The van der Waals surface area contributed by atoms with Gasteiger partial charge < -0.3 is 14.6 Å². The molecule has 1 aromatic heterocycles. The molecule has 0 saturated carbocycles. The van der Waals surface area contributed by atoms with E-state index in [0.29, 0.717) is 28.3 Å². The number of halogens is 1. The summed E-state index contributed by atoms with van der Waals surface area (Å²) >= 11 is 6.02. The van der Waals surface area contributed by atoms with Gasteiger partial charge in [0, 0.05) is 11.6 Å². The zero-order valence-electron chi connectivity index (χ0n) is 16.8. The van der Waals surface area contributed by atoms with Crippen molar-refractivity contribution in [3.63, 3.8) is 0 Å². The fraction of sp³-hybridized carbons (Fsp3) is 0.318. The maximum atomic E-state index is 12.8. The average molecular weight is 414 g/mol. The van der Waals surface area contributed by atoms with E-state index in [9.17, 15) is 9.59 Å². The standard InChI is InChI=1S/C22H24ClN3O3/c1-4-10-26(20(27)13-29-21-14(2)6-5-7-15(21)3)12-19-24-18-11-16(23)8-9-17(18)22(28)25-19/h5-9,11H,4,10,12-13H2,1-3H3,(H,24,25,28). The Hall–Kier alpha value is -2.86. The molecule has 152 valence electrons. The van der Waals surface area contributed by atoms with Gasteiger partial charge in [0.25, 0.3) is 11.5 Å². The van der Waals surface area contributed by atoms with Gasteiger partial charge in [-0.25, -0.2) is 4.98 Å². The number of rotatable bonds is 7. The van der Waals surface area contributed by atoms with Crippen LogP contribution in [0.5, 0.6) is 5.75 Å². The van der Waals surface area contributed by atoms with E-state index in [1.165, 1.54) is 0 Å². The Labute approximate surface area is 174 Å². The summed E-state index contributed by atoms with van der Waals surface area (Å²) in [4.78, 5) is 34.0. The number of para-hydroxylation sites is 1. The first-order valence-electron chi connectivity index (χ1n) is 9.54. The Morgan fingerprint density at radius 3 is 2.62 bits per heavy atom. The molecule has 7 heteroatoms. The zero-order chi connectivity index (χ0) is 21.0. The highest BCUT2D eigenvalue weighted by Gasteiger charge is 2.17. The van der Waals surface area contributed by atoms with E-state index in [1.807, 2.05) is 39.0 Å². The van der Waals surface area contributed by atoms with Crippen LogP contribution in [0.3, 0.4) is 0 Å². The SMILES string of the molecule is CCCN(Cc1nc2cc(Cl)ccc2c(=O)[nH]1)C(=O)COc1c(C)cccc1C. The van der Waals surface area contributed by atoms with Crippen molar-refractivity contribution < 1.29 is 9.53 Å². The van der Waals surface area contributed by atoms with Crippen molar-refractivity contribution in [1.82, 2.24) is 14.9 Å². The third-order valence-electron chi connectivity index (χ3n) is 4.65. The number of hydrogen-bond acceptors (Lipinski definition) is 4. The number of H-pyrrole nitrogens is 1. The molecule has 1 N–H and O–H groups in total. The molecule has 3 rings (SSSR count). The number of nitrogens with zero attached hydrogens (tertiary/aromatic N) is 2. The van der Waals surface area contributed by atoms with Gasteiger partial charge in [0.05, 0.1) is 17.4 Å². The van der Waals surface area contributed by atoms with Crippen LogP contribution in [-0.4, -0.2) is 33.9 Å². The molecule has 0 aliphatic carbocycles. The highest BCUT2D eigenvalue weighted by Crippen LogP contribution is 2.22. The molecule has 3 aromatic rings. The quantitative estimate of drug-likeness (QED) is 0.635. The average Bonchev–Trinajstić information content (AvgIpc) is 2.66. The van der Waals surface area contributed by atoms with E-state index >= 15 is 0 Å². The van der Waals surface area contributed by atoms with Gasteiger partial charge in [-0.1, -0.05) is 36.7 Å². The van der Waals surface area contributed by atoms with Crippen LogP contribution in [0.15, 0.2) is 41.2 Å². The molecule has 6 nitrogen and oxygen atoms in total. The molecule has 0 radical (unpaired) electrons. The summed E-state index contributed by atoms with van der Waals surface area (Å²) in [5.41, 5.74) is 2.22. The molecular formula is C22H24ClN3O3. The van der Waals surface area contributed by atoms with E-state index in [1.54, 1.807) is 23.1 Å². The van der Waals surface area contributed by atoms with Crippen LogP contribution in [0.25, 0.3) is 10.9 Å². The minimum absolute atomic E-state index is 0.0741. The number of amides is 1. The molecule has 0 saturated heterocycles. The Morgan fingerprint density at radius 1 is 1.21 bits per heavy atom. The largest absolute Gasteiger partial charge is 0.483 e. The fourth-order valence-corrected chi connectivity index (χ4v) is 3.40. The number of fused-ring (bicyclic) bond motifs is 1. The molecular weight excluding hydrogens is 390 g/mol. The summed E-state index contributed by atoms with van der Waals surface area (Å²) in [6, 6.07) is 10.8. The first kappa shape index (κ1) is 20.9. The van der Waals surface area contributed by atoms with Crippen LogP contribution < -0.4 is 10.3 Å². The Kier molecular flexibility index (Phi) is 6.54. The van der Waals surface area contributed by atoms with E-state index in [-0.39, 0.29) is 24.6 Å². The lowest BCUT2D eigenvalue weighted by atomic mass is 10.1. The number of aryl methyl sites for hydroxylation is 2. The van der Waals surface area contributed by atoms with Gasteiger partial charge in [0.1, 0.15) is 11.6 Å². The summed E-state index contributed by atoms with van der Waals surface area (Å²) < 4.78 is 5.80. The lowest BCUT2D eigenvalue weighted by Gasteiger charge is -2.22. The van der Waals surface area contributed by atoms with Gasteiger partial charge in [0.15, 0.2) is 6.61 Å². The summed E-state index contributed by atoms with van der Waals surface area (Å²) in [5, 5.41) is 0.968. The van der Waals surface area contributed by atoms with Crippen molar-refractivity contribution in [2.75, 3.05) is 13.2 Å². The number of benzene rings is 2. The van der Waals surface area contributed by atoms with Crippen LogP contribution in [-0.2, 0) is 11.3 Å². The molecule has 0 spiro atoms. The molecule has 29 heavy (non-hydrogen) atoms. The zero-order valence-corrected chi connectivity index (χ0v) is 17.5. The van der Waals surface area contributed by atoms with Crippen LogP contribution in [0, 0.1) is 13.8 Å². The van der Waals surface area contributed by atoms with Gasteiger partial charge in [-0.05, 0) is 49.6 Å². The van der Waals surface area contributed by atoms with E-state index in [2.05, 4.69) is 9.97 Å². The highest BCUT2D eigenvalue weighted by atomic mass is 35.5. The molecule has 0 aliphatic heterocycles. The van der Waals surface area contributed by atoms with Gasteiger partial charge in [-0.3, -0.25) is 9.59 Å². The lowest BCUT2D eigenvalue weighted by Crippen LogP contribution is -2.36.